The average molecular weight is 495 g/mol. The molecular weight excluding hydrogens is 472 g/mol. The number of aromatic nitrogens is 1. The number of nitrogens with zero attached hydrogens (tertiary/aromatic N) is 3. The Balaban J connectivity index is 1.73. The number of pyridine rings is 1. The Kier molecular flexibility index (Phi) is 8.12. The highest BCUT2D eigenvalue weighted by Gasteiger charge is 2.12. The number of aryl methyl sites for hydroxylation is 2. The van der Waals surface area contributed by atoms with Gasteiger partial charge in [-0.05, 0) is 61.4 Å². The molecule has 0 saturated heterocycles. The van der Waals surface area contributed by atoms with Gasteiger partial charge in [-0.15, -0.1) is 0 Å². The summed E-state index contributed by atoms with van der Waals surface area (Å²) < 4.78 is 17.4. The number of methoxy groups -OCH3 is 2. The van der Waals surface area contributed by atoms with E-state index in [0.717, 1.165) is 4.68 Å². The van der Waals surface area contributed by atoms with Crippen LogP contribution in [0.1, 0.15) is 22.4 Å². The quantitative estimate of drug-likeness (QED) is 0.475. The van der Waals surface area contributed by atoms with Crippen LogP contribution in [0.3, 0.4) is 0 Å². The molecule has 0 spiro atoms. The van der Waals surface area contributed by atoms with Gasteiger partial charge in [0.15, 0.2) is 18.1 Å². The minimum atomic E-state index is -0.489. The van der Waals surface area contributed by atoms with Gasteiger partial charge in [-0.2, -0.15) is 10.4 Å². The average Bonchev–Trinajstić information content (AvgIpc) is 2.83. The van der Waals surface area contributed by atoms with Crippen LogP contribution < -0.4 is 25.1 Å². The van der Waals surface area contributed by atoms with Crippen molar-refractivity contribution in [2.75, 3.05) is 26.1 Å². The molecule has 0 aliphatic carbocycles. The highest BCUT2D eigenvalue weighted by molar-refractivity contribution is 6.30. The molecule has 1 N–H and O–H groups in total. The van der Waals surface area contributed by atoms with E-state index in [4.69, 9.17) is 25.8 Å². The molecule has 0 radical (unpaired) electrons. The minimum absolute atomic E-state index is 0.0450. The fourth-order valence-corrected chi connectivity index (χ4v) is 3.43. The van der Waals surface area contributed by atoms with Crippen molar-refractivity contribution in [1.29, 1.82) is 5.26 Å². The summed E-state index contributed by atoms with van der Waals surface area (Å²) in [7, 11) is 2.95. The number of carbonyl (C=O) groups is 1. The number of benzene rings is 2. The van der Waals surface area contributed by atoms with Gasteiger partial charge in [-0.3, -0.25) is 9.59 Å². The fourth-order valence-electron chi connectivity index (χ4n) is 3.27. The van der Waals surface area contributed by atoms with Gasteiger partial charge in [0.2, 0.25) is 0 Å². The number of halogens is 1. The first kappa shape index (κ1) is 25.3. The highest BCUT2D eigenvalue weighted by Crippen LogP contribution is 2.29. The van der Waals surface area contributed by atoms with Crippen LogP contribution in [-0.4, -0.2) is 37.6 Å². The Labute approximate surface area is 207 Å². The Hall–Kier alpha value is -4.29. The van der Waals surface area contributed by atoms with Crippen molar-refractivity contribution in [3.05, 3.63) is 80.2 Å². The molecule has 1 aromatic heterocycles. The first-order chi connectivity index (χ1) is 16.8. The molecule has 9 nitrogen and oxygen atoms in total. The second kappa shape index (κ2) is 11.2. The Bertz CT molecular complexity index is 1390. The number of nitrogens with one attached hydrogen (secondary N) is 1. The molecule has 0 bridgehead atoms. The molecule has 3 aromatic rings. The first-order valence-electron chi connectivity index (χ1n) is 10.4. The smallest absolute Gasteiger partial charge is 0.289 e. The number of nitriles is 1. The number of anilines is 1. The SMILES string of the molecule is COc1cc(Cl)ccc1NC(=O)COc1ccc(/C=N/n2c(C)cc(C)c(C#N)c2=O)cc1OC. The molecule has 1 amide bonds. The largest absolute Gasteiger partial charge is 0.495 e. The van der Waals surface area contributed by atoms with E-state index in [1.165, 1.54) is 20.4 Å². The van der Waals surface area contributed by atoms with Crippen LogP contribution in [0.5, 0.6) is 17.2 Å². The van der Waals surface area contributed by atoms with E-state index in [1.807, 2.05) is 6.07 Å². The standard InChI is InChI=1S/C25H23ClN4O5/c1-15-9-16(2)30(25(32)19(15)12-27)28-13-17-5-8-21(23(10-17)34-4)35-14-24(31)29-20-7-6-18(26)11-22(20)33-3/h5-11,13H,14H2,1-4H3,(H,29,31)/b28-13+. The van der Waals surface area contributed by atoms with Gasteiger partial charge in [-0.25, -0.2) is 4.68 Å². The van der Waals surface area contributed by atoms with Crippen LogP contribution in [0.25, 0.3) is 0 Å². The molecule has 2 aromatic carbocycles. The summed E-state index contributed by atoms with van der Waals surface area (Å²) in [6.07, 6.45) is 1.47. The molecule has 10 heteroatoms. The molecule has 0 aliphatic rings. The molecule has 0 saturated carbocycles. The molecule has 0 fully saturated rings. The maximum atomic E-state index is 12.5. The molecular formula is C25H23ClN4O5. The Morgan fingerprint density at radius 1 is 1.11 bits per heavy atom. The second-order valence-electron chi connectivity index (χ2n) is 7.41. The predicted molar refractivity (Wildman–Crippen MR) is 133 cm³/mol. The lowest BCUT2D eigenvalue weighted by Gasteiger charge is -2.13. The third-order valence-corrected chi connectivity index (χ3v) is 5.21. The highest BCUT2D eigenvalue weighted by atomic mass is 35.5. The lowest BCUT2D eigenvalue weighted by Crippen LogP contribution is -2.22. The van der Waals surface area contributed by atoms with Crippen molar-refractivity contribution >= 4 is 29.4 Å². The number of amides is 1. The minimum Gasteiger partial charge on any atom is -0.495 e. The van der Waals surface area contributed by atoms with Gasteiger partial charge in [0.25, 0.3) is 11.5 Å². The van der Waals surface area contributed by atoms with Crippen LogP contribution in [-0.2, 0) is 4.79 Å². The lowest BCUT2D eigenvalue weighted by molar-refractivity contribution is -0.118. The van der Waals surface area contributed by atoms with Crippen molar-refractivity contribution in [3.63, 3.8) is 0 Å². The zero-order valence-electron chi connectivity index (χ0n) is 19.6. The summed E-state index contributed by atoms with van der Waals surface area (Å²) in [5, 5.41) is 16.6. The first-order valence-corrected chi connectivity index (χ1v) is 10.8. The van der Waals surface area contributed by atoms with Gasteiger partial charge < -0.3 is 19.5 Å². The predicted octanol–water partition coefficient (Wildman–Crippen LogP) is 3.91. The maximum Gasteiger partial charge on any atom is 0.289 e. The van der Waals surface area contributed by atoms with E-state index in [-0.39, 0.29) is 12.2 Å². The van der Waals surface area contributed by atoms with E-state index < -0.39 is 11.5 Å². The summed E-state index contributed by atoms with van der Waals surface area (Å²) in [6, 6.07) is 13.5. The van der Waals surface area contributed by atoms with Gasteiger partial charge in [0.1, 0.15) is 17.4 Å². The van der Waals surface area contributed by atoms with Crippen molar-refractivity contribution in [2.24, 2.45) is 5.10 Å². The molecule has 0 aliphatic heterocycles. The lowest BCUT2D eigenvalue weighted by atomic mass is 10.1. The van der Waals surface area contributed by atoms with Crippen LogP contribution >= 0.6 is 11.6 Å². The van der Waals surface area contributed by atoms with Crippen LogP contribution in [0.4, 0.5) is 5.69 Å². The number of hydrogen-bond acceptors (Lipinski definition) is 7. The summed E-state index contributed by atoms with van der Waals surface area (Å²) in [5.74, 6) is 0.743. The van der Waals surface area contributed by atoms with Crippen molar-refractivity contribution in [1.82, 2.24) is 4.68 Å². The summed E-state index contributed by atoms with van der Waals surface area (Å²) in [5.41, 5.74) is 1.83. The normalized spacial score (nSPS) is 10.6. The van der Waals surface area contributed by atoms with E-state index in [1.54, 1.807) is 56.3 Å². The van der Waals surface area contributed by atoms with Crippen LogP contribution in [0, 0.1) is 25.2 Å². The molecule has 35 heavy (non-hydrogen) atoms. The molecule has 0 unspecified atom stereocenters. The van der Waals surface area contributed by atoms with E-state index in [9.17, 15) is 14.9 Å². The molecule has 0 atom stereocenters. The van der Waals surface area contributed by atoms with Crippen LogP contribution in [0.2, 0.25) is 5.02 Å². The van der Waals surface area contributed by atoms with Crippen molar-refractivity contribution in [2.45, 2.75) is 13.8 Å². The summed E-state index contributed by atoms with van der Waals surface area (Å²) in [4.78, 5) is 24.9. The number of carbonyl (C=O) groups excluding carboxylic acids is 1. The van der Waals surface area contributed by atoms with E-state index in [2.05, 4.69) is 10.4 Å². The third-order valence-electron chi connectivity index (χ3n) is 4.98. The zero-order chi connectivity index (χ0) is 25.5. The topological polar surface area (TPSA) is 115 Å². The number of hydrogen-bond donors (Lipinski definition) is 1. The summed E-state index contributed by atoms with van der Waals surface area (Å²) >= 11 is 5.94. The molecule has 1 heterocycles. The van der Waals surface area contributed by atoms with Crippen LogP contribution in [0.15, 0.2) is 52.4 Å². The fraction of sp³-hybridized carbons (Fsp3) is 0.200. The van der Waals surface area contributed by atoms with Gasteiger partial charge >= 0.3 is 0 Å². The maximum absolute atomic E-state index is 12.5. The Morgan fingerprint density at radius 3 is 2.54 bits per heavy atom. The third kappa shape index (κ3) is 5.99. The Morgan fingerprint density at radius 2 is 1.86 bits per heavy atom. The zero-order valence-corrected chi connectivity index (χ0v) is 20.3. The van der Waals surface area contributed by atoms with Gasteiger partial charge in [-0.1, -0.05) is 11.6 Å². The van der Waals surface area contributed by atoms with Crippen molar-refractivity contribution in [3.8, 4) is 23.3 Å². The molecule has 180 valence electrons. The van der Waals surface area contributed by atoms with E-state index >= 15 is 0 Å². The van der Waals surface area contributed by atoms with Gasteiger partial charge in [0, 0.05) is 16.8 Å². The number of rotatable bonds is 8. The molecule has 3 rings (SSSR count). The monoisotopic (exact) mass is 494 g/mol. The van der Waals surface area contributed by atoms with Gasteiger partial charge in [0.05, 0.1) is 26.1 Å². The van der Waals surface area contributed by atoms with Crippen molar-refractivity contribution < 1.29 is 19.0 Å². The van der Waals surface area contributed by atoms with E-state index in [0.29, 0.717) is 44.8 Å². The second-order valence-corrected chi connectivity index (χ2v) is 7.85. The summed E-state index contributed by atoms with van der Waals surface area (Å²) in [6.45, 7) is 3.16. The number of ether oxygens (including phenoxy) is 3.